The van der Waals surface area contributed by atoms with Gasteiger partial charge in [-0.25, -0.2) is 13.4 Å². The van der Waals surface area contributed by atoms with Crippen LogP contribution in [-0.4, -0.2) is 55.9 Å². The molecule has 7 heteroatoms. The topological polar surface area (TPSA) is 62.2 Å². The summed E-state index contributed by atoms with van der Waals surface area (Å²) in [5.74, 6) is 2.33. The summed E-state index contributed by atoms with van der Waals surface area (Å²) in [6, 6.07) is 13.8. The number of fused-ring (bicyclic) bond motifs is 2. The lowest BCUT2D eigenvalue weighted by molar-refractivity contribution is 0.267. The summed E-state index contributed by atoms with van der Waals surface area (Å²) >= 11 is 0. The highest BCUT2D eigenvalue weighted by molar-refractivity contribution is 7.88. The minimum Gasteiger partial charge on any atom is -0.454 e. The summed E-state index contributed by atoms with van der Waals surface area (Å²) in [5.41, 5.74) is 2.82. The quantitative estimate of drug-likeness (QED) is 0.773. The number of sulfonamides is 1. The maximum absolute atomic E-state index is 11.8. The maximum Gasteiger partial charge on any atom is 0.211 e. The predicted octanol–water partition coefficient (Wildman–Crippen LogP) is 2.76. The molecule has 2 aromatic carbocycles. The van der Waals surface area contributed by atoms with E-state index in [4.69, 9.17) is 9.73 Å². The van der Waals surface area contributed by atoms with E-state index in [9.17, 15) is 8.42 Å². The van der Waals surface area contributed by atoms with Crippen molar-refractivity contribution in [1.82, 2.24) is 9.21 Å². The third-order valence-electron chi connectivity index (χ3n) is 4.70. The van der Waals surface area contributed by atoms with E-state index in [1.807, 2.05) is 49.4 Å². The second kappa shape index (κ2) is 6.41. The van der Waals surface area contributed by atoms with Gasteiger partial charge in [-0.2, -0.15) is 4.31 Å². The Morgan fingerprint density at radius 2 is 1.73 bits per heavy atom. The van der Waals surface area contributed by atoms with Gasteiger partial charge < -0.3 is 9.64 Å². The number of piperazine rings is 1. The van der Waals surface area contributed by atoms with Crippen LogP contribution in [0.2, 0.25) is 0 Å². The first-order valence-electron chi connectivity index (χ1n) is 8.58. The van der Waals surface area contributed by atoms with Crippen LogP contribution in [0.5, 0.6) is 11.5 Å². The van der Waals surface area contributed by atoms with Gasteiger partial charge in [-0.15, -0.1) is 0 Å². The van der Waals surface area contributed by atoms with Crippen LogP contribution in [0.1, 0.15) is 11.1 Å². The molecule has 0 spiro atoms. The first-order valence-corrected chi connectivity index (χ1v) is 10.4. The van der Waals surface area contributed by atoms with Crippen molar-refractivity contribution in [3.63, 3.8) is 0 Å². The molecule has 1 fully saturated rings. The van der Waals surface area contributed by atoms with Gasteiger partial charge >= 0.3 is 0 Å². The molecule has 1 saturated heterocycles. The molecule has 2 aromatic rings. The molecular formula is C19H21N3O3S. The van der Waals surface area contributed by atoms with E-state index in [1.54, 1.807) is 0 Å². The summed E-state index contributed by atoms with van der Waals surface area (Å²) < 4.78 is 31.2. The number of nitrogens with zero attached hydrogens (tertiary/aromatic N) is 3. The lowest BCUT2D eigenvalue weighted by Crippen LogP contribution is -2.50. The second-order valence-electron chi connectivity index (χ2n) is 6.65. The van der Waals surface area contributed by atoms with Crippen molar-refractivity contribution in [2.75, 3.05) is 32.4 Å². The molecule has 0 amide bonds. The van der Waals surface area contributed by atoms with E-state index < -0.39 is 10.0 Å². The Balaban J connectivity index is 1.73. The van der Waals surface area contributed by atoms with Crippen molar-refractivity contribution in [2.24, 2.45) is 4.99 Å². The molecule has 4 rings (SSSR count). The van der Waals surface area contributed by atoms with Crippen LogP contribution >= 0.6 is 0 Å². The first-order chi connectivity index (χ1) is 12.4. The van der Waals surface area contributed by atoms with Gasteiger partial charge in [0, 0.05) is 26.2 Å². The monoisotopic (exact) mass is 371 g/mol. The molecule has 0 unspecified atom stereocenters. The third kappa shape index (κ3) is 3.20. The van der Waals surface area contributed by atoms with Gasteiger partial charge in [0.1, 0.15) is 17.3 Å². The Hall–Kier alpha value is -2.38. The van der Waals surface area contributed by atoms with Gasteiger partial charge in [0.15, 0.2) is 5.75 Å². The zero-order valence-corrected chi connectivity index (χ0v) is 15.7. The number of benzene rings is 2. The zero-order chi connectivity index (χ0) is 18.3. The second-order valence-corrected chi connectivity index (χ2v) is 8.64. The van der Waals surface area contributed by atoms with Gasteiger partial charge in [-0.3, -0.25) is 0 Å². The van der Waals surface area contributed by atoms with Crippen molar-refractivity contribution in [2.45, 2.75) is 6.92 Å². The molecule has 0 bridgehead atoms. The van der Waals surface area contributed by atoms with Gasteiger partial charge in [-0.05, 0) is 36.8 Å². The highest BCUT2D eigenvalue weighted by atomic mass is 32.2. The van der Waals surface area contributed by atoms with E-state index in [2.05, 4.69) is 4.90 Å². The third-order valence-corrected chi connectivity index (χ3v) is 6.00. The molecule has 2 aliphatic rings. The van der Waals surface area contributed by atoms with Crippen LogP contribution in [0, 0.1) is 6.92 Å². The van der Waals surface area contributed by atoms with Crippen LogP contribution in [0.25, 0.3) is 0 Å². The molecule has 26 heavy (non-hydrogen) atoms. The number of rotatable bonds is 1. The lowest BCUT2D eigenvalue weighted by atomic mass is 10.1. The highest BCUT2D eigenvalue weighted by Gasteiger charge is 2.28. The summed E-state index contributed by atoms with van der Waals surface area (Å²) in [6.07, 6.45) is 1.26. The van der Waals surface area contributed by atoms with Crippen molar-refractivity contribution >= 4 is 21.5 Å². The summed E-state index contributed by atoms with van der Waals surface area (Å²) in [5, 5.41) is 0. The van der Waals surface area contributed by atoms with E-state index in [0.717, 1.165) is 34.1 Å². The standard InChI is InChI=1S/C19H21N3O3S/c1-14-7-8-16-18(13-14)25-17-6-4-3-5-15(17)19(20-16)21-9-11-22(12-10-21)26(2,23)24/h3-8,13H,9-12H2,1-2H3. The normalized spacial score (nSPS) is 17.6. The van der Waals surface area contributed by atoms with Crippen LogP contribution in [0.4, 0.5) is 5.69 Å². The molecule has 2 aliphatic heterocycles. The Morgan fingerprint density at radius 3 is 2.46 bits per heavy atom. The van der Waals surface area contributed by atoms with Gasteiger partial charge in [0.25, 0.3) is 0 Å². The first kappa shape index (κ1) is 17.1. The van der Waals surface area contributed by atoms with Crippen LogP contribution in [-0.2, 0) is 10.0 Å². The van der Waals surface area contributed by atoms with Gasteiger partial charge in [0.05, 0.1) is 11.8 Å². The predicted molar refractivity (Wildman–Crippen MR) is 102 cm³/mol. The van der Waals surface area contributed by atoms with Crippen molar-refractivity contribution in [3.05, 3.63) is 53.6 Å². The average molecular weight is 371 g/mol. The molecule has 0 aromatic heterocycles. The number of ether oxygens (including phenoxy) is 1. The summed E-state index contributed by atoms with van der Waals surface area (Å²) in [6.45, 7) is 4.14. The van der Waals surface area contributed by atoms with Crippen LogP contribution < -0.4 is 4.74 Å². The number of para-hydroxylation sites is 1. The minimum atomic E-state index is -3.16. The molecule has 0 radical (unpaired) electrons. The highest BCUT2D eigenvalue weighted by Crippen LogP contribution is 2.38. The number of hydrogen-bond acceptors (Lipinski definition) is 5. The molecule has 136 valence electrons. The molecule has 0 N–H and O–H groups in total. The molecule has 0 aliphatic carbocycles. The molecule has 2 heterocycles. The largest absolute Gasteiger partial charge is 0.454 e. The average Bonchev–Trinajstić information content (AvgIpc) is 2.77. The summed E-state index contributed by atoms with van der Waals surface area (Å²) in [4.78, 5) is 7.02. The fourth-order valence-electron chi connectivity index (χ4n) is 3.30. The van der Waals surface area contributed by atoms with Gasteiger partial charge in [0.2, 0.25) is 10.0 Å². The Labute approximate surface area is 153 Å². The van der Waals surface area contributed by atoms with E-state index in [0.29, 0.717) is 26.2 Å². The number of aliphatic imine (C=N–C) groups is 1. The molecule has 0 atom stereocenters. The zero-order valence-electron chi connectivity index (χ0n) is 14.8. The molecule has 6 nitrogen and oxygen atoms in total. The SMILES string of the molecule is Cc1ccc2c(c1)Oc1ccccc1C(N1CCN(S(C)(=O)=O)CC1)=N2. The van der Waals surface area contributed by atoms with Crippen molar-refractivity contribution in [3.8, 4) is 11.5 Å². The van der Waals surface area contributed by atoms with E-state index >= 15 is 0 Å². The Morgan fingerprint density at radius 1 is 1.00 bits per heavy atom. The summed E-state index contributed by atoms with van der Waals surface area (Å²) in [7, 11) is -3.16. The van der Waals surface area contributed by atoms with Gasteiger partial charge in [-0.1, -0.05) is 18.2 Å². The Kier molecular flexibility index (Phi) is 4.20. The lowest BCUT2D eigenvalue weighted by Gasteiger charge is -2.35. The van der Waals surface area contributed by atoms with Crippen LogP contribution in [0.3, 0.4) is 0 Å². The number of aryl methyl sites for hydroxylation is 1. The van der Waals surface area contributed by atoms with Crippen molar-refractivity contribution < 1.29 is 13.2 Å². The van der Waals surface area contributed by atoms with E-state index in [-0.39, 0.29) is 0 Å². The Bertz CT molecular complexity index is 977. The molecule has 0 saturated carbocycles. The van der Waals surface area contributed by atoms with Crippen LogP contribution in [0.15, 0.2) is 47.5 Å². The molecular weight excluding hydrogens is 350 g/mol. The minimum absolute atomic E-state index is 0.460. The number of hydrogen-bond donors (Lipinski definition) is 0. The number of amidine groups is 1. The fraction of sp³-hybridized carbons (Fsp3) is 0.316. The van der Waals surface area contributed by atoms with Crippen molar-refractivity contribution in [1.29, 1.82) is 0 Å². The maximum atomic E-state index is 11.8. The van der Waals surface area contributed by atoms with E-state index in [1.165, 1.54) is 10.6 Å². The fourth-order valence-corrected chi connectivity index (χ4v) is 4.13. The smallest absolute Gasteiger partial charge is 0.211 e.